The maximum Gasteiger partial charge on any atom is 0.270 e. The van der Waals surface area contributed by atoms with E-state index in [1.165, 1.54) is 12.3 Å². The number of nitrogens with zero attached hydrogens (tertiary/aromatic N) is 1. The van der Waals surface area contributed by atoms with Gasteiger partial charge in [0.15, 0.2) is 0 Å². The molecule has 2 amide bonds. The average Bonchev–Trinajstić information content (AvgIpc) is 2.78. The normalized spacial score (nSPS) is 10.3. The fourth-order valence-corrected chi connectivity index (χ4v) is 2.86. The van der Waals surface area contributed by atoms with Crippen LogP contribution in [0.3, 0.4) is 0 Å². The molecule has 6 nitrogen and oxygen atoms in total. The van der Waals surface area contributed by atoms with Crippen molar-refractivity contribution in [1.82, 2.24) is 10.3 Å². The standard InChI is InChI=1S/C23H23N3O3/c1-3-17-6-4-5-7-20(17)26-22(27)18-12-13-24-21(14-18)23(28)25-15-16-8-10-19(29-2)11-9-16/h4-14H,3,15H2,1-2H3,(H,25,28)(H,26,27). The van der Waals surface area contributed by atoms with Gasteiger partial charge in [-0.05, 0) is 47.9 Å². The predicted molar refractivity (Wildman–Crippen MR) is 112 cm³/mol. The Morgan fingerprint density at radius 1 is 1.00 bits per heavy atom. The number of hydrogen-bond donors (Lipinski definition) is 2. The van der Waals surface area contributed by atoms with E-state index in [1.54, 1.807) is 13.2 Å². The summed E-state index contributed by atoms with van der Waals surface area (Å²) >= 11 is 0. The van der Waals surface area contributed by atoms with E-state index in [-0.39, 0.29) is 17.5 Å². The van der Waals surface area contributed by atoms with Crippen molar-refractivity contribution >= 4 is 17.5 Å². The minimum absolute atomic E-state index is 0.190. The van der Waals surface area contributed by atoms with E-state index in [0.717, 1.165) is 29.0 Å². The van der Waals surface area contributed by atoms with Gasteiger partial charge in [-0.3, -0.25) is 14.6 Å². The predicted octanol–water partition coefficient (Wildman–Crippen LogP) is 3.83. The lowest BCUT2D eigenvalue weighted by Crippen LogP contribution is -2.24. The molecule has 0 saturated heterocycles. The summed E-state index contributed by atoms with van der Waals surface area (Å²) in [5, 5.41) is 5.72. The van der Waals surface area contributed by atoms with Crippen molar-refractivity contribution in [2.24, 2.45) is 0 Å². The van der Waals surface area contributed by atoms with Gasteiger partial charge in [-0.1, -0.05) is 37.3 Å². The van der Waals surface area contributed by atoms with E-state index in [2.05, 4.69) is 15.6 Å². The Balaban J connectivity index is 1.66. The summed E-state index contributed by atoms with van der Waals surface area (Å²) in [5.74, 6) is 0.132. The van der Waals surface area contributed by atoms with Crippen molar-refractivity contribution in [3.05, 3.63) is 89.2 Å². The first-order chi connectivity index (χ1) is 14.1. The Kier molecular flexibility index (Phi) is 6.58. The molecule has 3 rings (SSSR count). The molecule has 0 saturated carbocycles. The van der Waals surface area contributed by atoms with Crippen molar-refractivity contribution < 1.29 is 14.3 Å². The van der Waals surface area contributed by atoms with Gasteiger partial charge in [0, 0.05) is 24.0 Å². The summed E-state index contributed by atoms with van der Waals surface area (Å²) in [5.41, 5.74) is 3.31. The first-order valence-corrected chi connectivity index (χ1v) is 9.37. The summed E-state index contributed by atoms with van der Waals surface area (Å²) in [7, 11) is 1.60. The molecule has 2 aromatic carbocycles. The maximum atomic E-state index is 12.6. The number of anilines is 1. The van der Waals surface area contributed by atoms with Gasteiger partial charge in [0.25, 0.3) is 11.8 Å². The molecule has 0 bridgehead atoms. The van der Waals surface area contributed by atoms with Gasteiger partial charge in [-0.15, -0.1) is 0 Å². The highest BCUT2D eigenvalue weighted by atomic mass is 16.5. The van der Waals surface area contributed by atoms with Crippen LogP contribution in [-0.2, 0) is 13.0 Å². The van der Waals surface area contributed by atoms with Crippen molar-refractivity contribution in [1.29, 1.82) is 0 Å². The Labute approximate surface area is 169 Å². The number of hydrogen-bond acceptors (Lipinski definition) is 4. The van der Waals surface area contributed by atoms with Crippen LogP contribution in [0.15, 0.2) is 66.9 Å². The van der Waals surface area contributed by atoms with E-state index in [1.807, 2.05) is 55.5 Å². The van der Waals surface area contributed by atoms with E-state index < -0.39 is 0 Å². The van der Waals surface area contributed by atoms with Crippen LogP contribution in [0.1, 0.15) is 38.9 Å². The highest BCUT2D eigenvalue weighted by Gasteiger charge is 2.13. The molecule has 0 spiro atoms. The number of methoxy groups -OCH3 is 1. The molecule has 0 aliphatic heterocycles. The van der Waals surface area contributed by atoms with Crippen LogP contribution in [0.5, 0.6) is 5.75 Å². The van der Waals surface area contributed by atoms with Gasteiger partial charge >= 0.3 is 0 Å². The molecule has 2 N–H and O–H groups in total. The number of nitrogens with one attached hydrogen (secondary N) is 2. The number of carbonyl (C=O) groups excluding carboxylic acids is 2. The molecule has 1 aromatic heterocycles. The summed E-state index contributed by atoms with van der Waals surface area (Å²) in [6.45, 7) is 2.38. The van der Waals surface area contributed by atoms with Gasteiger partial charge < -0.3 is 15.4 Å². The third-order valence-corrected chi connectivity index (χ3v) is 4.51. The highest BCUT2D eigenvalue weighted by Crippen LogP contribution is 2.17. The van der Waals surface area contributed by atoms with Crippen molar-refractivity contribution in [2.45, 2.75) is 19.9 Å². The number of aryl methyl sites for hydroxylation is 1. The Morgan fingerprint density at radius 3 is 2.48 bits per heavy atom. The van der Waals surface area contributed by atoms with Gasteiger partial charge in [0.1, 0.15) is 11.4 Å². The number of rotatable bonds is 7. The molecule has 1 heterocycles. The van der Waals surface area contributed by atoms with Crippen molar-refractivity contribution in [3.8, 4) is 5.75 Å². The molecule has 0 fully saturated rings. The van der Waals surface area contributed by atoms with E-state index in [4.69, 9.17) is 4.74 Å². The smallest absolute Gasteiger partial charge is 0.270 e. The van der Waals surface area contributed by atoms with E-state index in [9.17, 15) is 9.59 Å². The van der Waals surface area contributed by atoms with Gasteiger partial charge in [0.2, 0.25) is 0 Å². The minimum Gasteiger partial charge on any atom is -0.497 e. The number of pyridine rings is 1. The second-order valence-electron chi connectivity index (χ2n) is 6.43. The van der Waals surface area contributed by atoms with Gasteiger partial charge in [-0.2, -0.15) is 0 Å². The first-order valence-electron chi connectivity index (χ1n) is 9.37. The van der Waals surface area contributed by atoms with Crippen LogP contribution in [0.4, 0.5) is 5.69 Å². The molecule has 0 atom stereocenters. The van der Waals surface area contributed by atoms with Crippen molar-refractivity contribution in [3.63, 3.8) is 0 Å². The molecule has 148 valence electrons. The Morgan fingerprint density at radius 2 is 1.76 bits per heavy atom. The largest absolute Gasteiger partial charge is 0.497 e. The number of benzene rings is 2. The van der Waals surface area contributed by atoms with Crippen LogP contribution in [0, 0.1) is 0 Å². The lowest BCUT2D eigenvalue weighted by atomic mass is 10.1. The van der Waals surface area contributed by atoms with Crippen molar-refractivity contribution in [2.75, 3.05) is 12.4 Å². The van der Waals surface area contributed by atoms with Gasteiger partial charge in [-0.25, -0.2) is 0 Å². The van der Waals surface area contributed by atoms with Gasteiger partial charge in [0.05, 0.1) is 7.11 Å². The molecule has 0 aliphatic rings. The highest BCUT2D eigenvalue weighted by molar-refractivity contribution is 6.06. The zero-order valence-corrected chi connectivity index (χ0v) is 16.4. The molecular weight excluding hydrogens is 366 g/mol. The van der Waals surface area contributed by atoms with E-state index in [0.29, 0.717) is 12.1 Å². The quantitative estimate of drug-likeness (QED) is 0.643. The number of para-hydroxylation sites is 1. The molecule has 0 radical (unpaired) electrons. The van der Waals surface area contributed by atoms with Crippen LogP contribution in [0.25, 0.3) is 0 Å². The fourth-order valence-electron chi connectivity index (χ4n) is 2.86. The van der Waals surface area contributed by atoms with Crippen LogP contribution in [-0.4, -0.2) is 23.9 Å². The summed E-state index contributed by atoms with van der Waals surface area (Å²) < 4.78 is 5.12. The molecule has 6 heteroatoms. The number of amides is 2. The zero-order valence-electron chi connectivity index (χ0n) is 16.4. The topological polar surface area (TPSA) is 80.3 Å². The van der Waals surface area contributed by atoms with E-state index >= 15 is 0 Å². The van der Waals surface area contributed by atoms with Crippen LogP contribution < -0.4 is 15.4 Å². The SMILES string of the molecule is CCc1ccccc1NC(=O)c1ccnc(C(=O)NCc2ccc(OC)cc2)c1. The third kappa shape index (κ3) is 5.19. The lowest BCUT2D eigenvalue weighted by molar-refractivity contribution is 0.0946. The zero-order chi connectivity index (χ0) is 20.6. The molecule has 0 aliphatic carbocycles. The molecule has 29 heavy (non-hydrogen) atoms. The van der Waals surface area contributed by atoms with Crippen LogP contribution in [0.2, 0.25) is 0 Å². The Hall–Kier alpha value is -3.67. The second kappa shape index (κ2) is 9.50. The monoisotopic (exact) mass is 389 g/mol. The number of aromatic nitrogens is 1. The Bertz CT molecular complexity index is 1000. The summed E-state index contributed by atoms with van der Waals surface area (Å²) in [6.07, 6.45) is 2.27. The maximum absolute atomic E-state index is 12.6. The average molecular weight is 389 g/mol. The third-order valence-electron chi connectivity index (χ3n) is 4.51. The first kappa shape index (κ1) is 20.1. The summed E-state index contributed by atoms with van der Waals surface area (Å²) in [6, 6.07) is 18.1. The fraction of sp³-hybridized carbons (Fsp3) is 0.174. The minimum atomic E-state index is -0.343. The second-order valence-corrected chi connectivity index (χ2v) is 6.43. The van der Waals surface area contributed by atoms with Crippen LogP contribution >= 0.6 is 0 Å². The lowest BCUT2D eigenvalue weighted by Gasteiger charge is -2.10. The molecule has 3 aromatic rings. The summed E-state index contributed by atoms with van der Waals surface area (Å²) in [4.78, 5) is 29.1. The molecular formula is C23H23N3O3. The molecule has 0 unspecified atom stereocenters. The number of ether oxygens (including phenoxy) is 1. The number of carbonyl (C=O) groups is 2.